The van der Waals surface area contributed by atoms with Gasteiger partial charge in [-0.3, -0.25) is 14.9 Å². The summed E-state index contributed by atoms with van der Waals surface area (Å²) in [6, 6.07) is 11.5. The molecule has 0 aliphatic carbocycles. The number of carbonyl (C=O) groups excluding carboxylic acids is 3. The van der Waals surface area contributed by atoms with E-state index in [2.05, 4.69) is 5.32 Å². The van der Waals surface area contributed by atoms with Crippen LogP contribution in [0.3, 0.4) is 0 Å². The highest BCUT2D eigenvalue weighted by Crippen LogP contribution is 2.30. The number of imide groups is 2. The van der Waals surface area contributed by atoms with Gasteiger partial charge < -0.3 is 4.57 Å². The number of halogens is 2. The first-order valence-electron chi connectivity index (χ1n) is 10.2. The predicted octanol–water partition coefficient (Wildman–Crippen LogP) is 5.68. The molecule has 33 heavy (non-hydrogen) atoms. The second-order valence-electron chi connectivity index (χ2n) is 7.98. The van der Waals surface area contributed by atoms with Crippen molar-refractivity contribution < 1.29 is 14.4 Å². The molecule has 1 fully saturated rings. The molecule has 0 spiro atoms. The summed E-state index contributed by atoms with van der Waals surface area (Å²) < 4.78 is 1.92. The lowest BCUT2D eigenvalue weighted by Gasteiger charge is -2.26. The van der Waals surface area contributed by atoms with Crippen molar-refractivity contribution in [2.75, 3.05) is 4.90 Å². The number of barbiturate groups is 1. The molecule has 2 aromatic carbocycles. The number of urea groups is 1. The summed E-state index contributed by atoms with van der Waals surface area (Å²) in [5, 5.41) is 3.26. The number of benzene rings is 2. The molecule has 3 aromatic rings. The molecular formula is C25H21Cl2N3O3. The first-order chi connectivity index (χ1) is 15.6. The van der Waals surface area contributed by atoms with Crippen molar-refractivity contribution >= 4 is 52.8 Å². The largest absolute Gasteiger partial charge is 0.335 e. The van der Waals surface area contributed by atoms with E-state index in [4.69, 9.17) is 23.2 Å². The van der Waals surface area contributed by atoms with Gasteiger partial charge in [0.05, 0.1) is 16.4 Å². The lowest BCUT2D eigenvalue weighted by atomic mass is 10.1. The Balaban J connectivity index is 1.78. The average molecular weight is 482 g/mol. The van der Waals surface area contributed by atoms with Gasteiger partial charge >= 0.3 is 6.03 Å². The van der Waals surface area contributed by atoms with Gasteiger partial charge in [-0.15, -0.1) is 0 Å². The quantitative estimate of drug-likeness (QED) is 0.386. The number of nitrogens with one attached hydrogen (secondary N) is 1. The van der Waals surface area contributed by atoms with Crippen LogP contribution in [0.15, 0.2) is 48.0 Å². The number of anilines is 1. The maximum absolute atomic E-state index is 13.2. The number of aryl methyl sites for hydroxylation is 3. The number of nitrogens with zero attached hydrogens (tertiary/aromatic N) is 2. The van der Waals surface area contributed by atoms with Gasteiger partial charge in [-0.1, -0.05) is 29.3 Å². The first-order valence-corrected chi connectivity index (χ1v) is 11.0. The minimum atomic E-state index is -0.774. The molecule has 8 heteroatoms. The highest BCUT2D eigenvalue weighted by molar-refractivity contribution is 6.39. The third-order valence-corrected chi connectivity index (χ3v) is 6.31. The summed E-state index contributed by atoms with van der Waals surface area (Å²) in [5.41, 5.74) is 5.25. The predicted molar refractivity (Wildman–Crippen MR) is 130 cm³/mol. The Morgan fingerprint density at radius 3 is 2.27 bits per heavy atom. The van der Waals surface area contributed by atoms with E-state index in [0.29, 0.717) is 21.3 Å². The summed E-state index contributed by atoms with van der Waals surface area (Å²) in [6.45, 7) is 7.59. The standard InChI is InChI=1S/C25H21Cl2N3O3/c1-13-5-7-19(9-14(13)2)30-24(32)20(23(31)28-25(30)33)11-17-10-15(3)29(16(17)4)22-8-6-18(26)12-21(22)27/h5-12H,1-4H3,(H,28,31,33)/b20-11+. The van der Waals surface area contributed by atoms with Crippen LogP contribution in [0.2, 0.25) is 10.0 Å². The van der Waals surface area contributed by atoms with Crippen LogP contribution in [0.4, 0.5) is 10.5 Å². The van der Waals surface area contributed by atoms with E-state index in [1.807, 2.05) is 44.4 Å². The van der Waals surface area contributed by atoms with Crippen molar-refractivity contribution in [3.05, 3.63) is 86.2 Å². The maximum atomic E-state index is 13.2. The molecule has 4 amide bonds. The van der Waals surface area contributed by atoms with Gasteiger partial charge in [-0.25, -0.2) is 9.69 Å². The molecule has 0 bridgehead atoms. The molecule has 0 radical (unpaired) electrons. The lowest BCUT2D eigenvalue weighted by Crippen LogP contribution is -2.54. The average Bonchev–Trinajstić information content (AvgIpc) is 3.01. The van der Waals surface area contributed by atoms with Gasteiger partial charge in [0, 0.05) is 16.4 Å². The van der Waals surface area contributed by atoms with Gasteiger partial charge in [0.25, 0.3) is 11.8 Å². The van der Waals surface area contributed by atoms with Crippen LogP contribution in [0.1, 0.15) is 28.1 Å². The lowest BCUT2D eigenvalue weighted by molar-refractivity contribution is -0.122. The summed E-state index contributed by atoms with van der Waals surface area (Å²) in [7, 11) is 0. The molecule has 1 aromatic heterocycles. The fourth-order valence-corrected chi connectivity index (χ4v) is 4.37. The van der Waals surface area contributed by atoms with E-state index in [9.17, 15) is 14.4 Å². The van der Waals surface area contributed by atoms with Crippen molar-refractivity contribution in [1.29, 1.82) is 0 Å². The molecule has 0 unspecified atom stereocenters. The Bertz CT molecular complexity index is 1370. The SMILES string of the molecule is Cc1ccc(N2C(=O)NC(=O)/C(=C\c3cc(C)n(-c4ccc(Cl)cc4Cl)c3C)C2=O)cc1C. The van der Waals surface area contributed by atoms with E-state index in [1.54, 1.807) is 30.3 Å². The molecule has 1 aliphatic heterocycles. The van der Waals surface area contributed by atoms with Crippen LogP contribution in [0, 0.1) is 27.7 Å². The minimum absolute atomic E-state index is 0.129. The third kappa shape index (κ3) is 4.08. The van der Waals surface area contributed by atoms with E-state index < -0.39 is 17.8 Å². The summed E-state index contributed by atoms with van der Waals surface area (Å²) in [4.78, 5) is 39.3. The summed E-state index contributed by atoms with van der Waals surface area (Å²) >= 11 is 12.4. The van der Waals surface area contributed by atoms with Gasteiger partial charge in [0.15, 0.2) is 0 Å². The summed E-state index contributed by atoms with van der Waals surface area (Å²) in [6.07, 6.45) is 1.50. The van der Waals surface area contributed by atoms with E-state index in [-0.39, 0.29) is 5.57 Å². The fraction of sp³-hybridized carbons (Fsp3) is 0.160. The number of hydrogen-bond acceptors (Lipinski definition) is 3. The van der Waals surface area contributed by atoms with Gasteiger partial charge in [-0.05, 0) is 86.9 Å². The Morgan fingerprint density at radius 2 is 1.61 bits per heavy atom. The van der Waals surface area contributed by atoms with Crippen molar-refractivity contribution in [3.8, 4) is 5.69 Å². The van der Waals surface area contributed by atoms with E-state index in [0.717, 1.165) is 33.1 Å². The van der Waals surface area contributed by atoms with E-state index >= 15 is 0 Å². The zero-order valence-electron chi connectivity index (χ0n) is 18.5. The third-order valence-electron chi connectivity index (χ3n) is 5.77. The van der Waals surface area contributed by atoms with Gasteiger partial charge in [-0.2, -0.15) is 0 Å². The Hall–Kier alpha value is -3.35. The van der Waals surface area contributed by atoms with Crippen molar-refractivity contribution in [3.63, 3.8) is 0 Å². The van der Waals surface area contributed by atoms with Crippen LogP contribution in [0.5, 0.6) is 0 Å². The van der Waals surface area contributed by atoms with Crippen LogP contribution in [-0.4, -0.2) is 22.4 Å². The molecule has 1 saturated heterocycles. The van der Waals surface area contributed by atoms with Gasteiger partial charge in [0.1, 0.15) is 5.57 Å². The molecule has 168 valence electrons. The fourth-order valence-electron chi connectivity index (χ4n) is 3.88. The molecule has 2 heterocycles. The Kier molecular flexibility index (Phi) is 5.91. The monoisotopic (exact) mass is 481 g/mol. The van der Waals surface area contributed by atoms with Crippen LogP contribution in [0.25, 0.3) is 11.8 Å². The topological polar surface area (TPSA) is 71.4 Å². The normalized spacial score (nSPS) is 15.4. The van der Waals surface area contributed by atoms with E-state index in [1.165, 1.54) is 6.08 Å². The number of carbonyl (C=O) groups is 3. The maximum Gasteiger partial charge on any atom is 0.335 e. The molecule has 0 saturated carbocycles. The highest BCUT2D eigenvalue weighted by atomic mass is 35.5. The molecule has 4 rings (SSSR count). The molecule has 1 N–H and O–H groups in total. The molecular weight excluding hydrogens is 461 g/mol. The van der Waals surface area contributed by atoms with Crippen LogP contribution < -0.4 is 10.2 Å². The Morgan fingerprint density at radius 1 is 0.879 bits per heavy atom. The summed E-state index contributed by atoms with van der Waals surface area (Å²) in [5.74, 6) is -1.42. The molecule has 6 nitrogen and oxygen atoms in total. The Labute approximate surface area is 201 Å². The number of hydrogen-bond donors (Lipinski definition) is 1. The number of amides is 4. The van der Waals surface area contributed by atoms with Gasteiger partial charge in [0.2, 0.25) is 0 Å². The molecule has 0 atom stereocenters. The highest BCUT2D eigenvalue weighted by Gasteiger charge is 2.37. The van der Waals surface area contributed by atoms with Crippen molar-refractivity contribution in [2.45, 2.75) is 27.7 Å². The minimum Gasteiger partial charge on any atom is -0.316 e. The number of rotatable bonds is 3. The number of aromatic nitrogens is 1. The molecule has 1 aliphatic rings. The van der Waals surface area contributed by atoms with Crippen molar-refractivity contribution in [1.82, 2.24) is 9.88 Å². The first kappa shape index (κ1) is 22.8. The smallest absolute Gasteiger partial charge is 0.316 e. The second kappa shape index (κ2) is 8.54. The van der Waals surface area contributed by atoms with Crippen molar-refractivity contribution in [2.24, 2.45) is 0 Å². The second-order valence-corrected chi connectivity index (χ2v) is 8.83. The zero-order valence-corrected chi connectivity index (χ0v) is 20.0. The van der Waals surface area contributed by atoms with Crippen LogP contribution >= 0.6 is 23.2 Å². The zero-order chi connectivity index (χ0) is 24.0. The van der Waals surface area contributed by atoms with Crippen LogP contribution in [-0.2, 0) is 9.59 Å².